The van der Waals surface area contributed by atoms with Crippen molar-refractivity contribution in [3.8, 4) is 0 Å². The van der Waals surface area contributed by atoms with Crippen LogP contribution in [0.25, 0.3) is 0 Å². The SMILES string of the molecule is COC(=O)[C@H](CC(=O)O)NC(=O)OCc1ccccc1.N[C@@H](Cc1ccccc1)C(=O)O. The van der Waals surface area contributed by atoms with Crippen LogP contribution in [0.3, 0.4) is 0 Å². The van der Waals surface area contributed by atoms with Gasteiger partial charge in [0, 0.05) is 0 Å². The molecule has 2 aromatic rings. The number of esters is 1. The highest BCUT2D eigenvalue weighted by atomic mass is 16.6. The maximum atomic E-state index is 11.5. The standard InChI is InChI=1S/C13H15NO6.C9H11NO2/c1-19-12(17)10(7-11(15)16)14-13(18)20-8-9-5-3-2-4-6-9;10-8(9(11)12)6-7-4-2-1-3-5-7/h2-6,10H,7-8H2,1H3,(H,14,18)(H,15,16);1-5,8H,6,10H2,(H,11,12)/t10-;8-/m00/s1. The molecule has 32 heavy (non-hydrogen) atoms. The summed E-state index contributed by atoms with van der Waals surface area (Å²) < 4.78 is 9.29. The molecule has 0 radical (unpaired) electrons. The van der Waals surface area contributed by atoms with E-state index in [9.17, 15) is 19.2 Å². The van der Waals surface area contributed by atoms with E-state index >= 15 is 0 Å². The smallest absolute Gasteiger partial charge is 0.408 e. The number of hydrogen-bond donors (Lipinski definition) is 4. The van der Waals surface area contributed by atoms with Crippen LogP contribution in [0.5, 0.6) is 0 Å². The molecule has 0 spiro atoms. The highest BCUT2D eigenvalue weighted by Crippen LogP contribution is 2.03. The summed E-state index contributed by atoms with van der Waals surface area (Å²) in [5, 5.41) is 19.3. The van der Waals surface area contributed by atoms with Gasteiger partial charge in [-0.05, 0) is 17.5 Å². The average Bonchev–Trinajstić information content (AvgIpc) is 2.78. The molecule has 0 saturated carbocycles. The predicted octanol–water partition coefficient (Wildman–Crippen LogP) is 1.57. The molecule has 0 bridgehead atoms. The number of ether oxygens (including phenoxy) is 2. The molecule has 0 aliphatic heterocycles. The summed E-state index contributed by atoms with van der Waals surface area (Å²) in [6.07, 6.45) is -1.07. The molecule has 2 aromatic carbocycles. The van der Waals surface area contributed by atoms with Crippen molar-refractivity contribution in [1.29, 1.82) is 0 Å². The molecule has 10 heteroatoms. The minimum Gasteiger partial charge on any atom is -0.481 e. The van der Waals surface area contributed by atoms with Crippen LogP contribution in [0, 0.1) is 0 Å². The maximum Gasteiger partial charge on any atom is 0.408 e. The number of hydrogen-bond acceptors (Lipinski definition) is 7. The van der Waals surface area contributed by atoms with Gasteiger partial charge in [-0.1, -0.05) is 60.7 Å². The quantitative estimate of drug-likeness (QED) is 0.418. The molecule has 172 valence electrons. The van der Waals surface area contributed by atoms with E-state index in [0.717, 1.165) is 18.2 Å². The Kier molecular flexibility index (Phi) is 11.5. The Bertz CT molecular complexity index is 874. The van der Waals surface area contributed by atoms with Gasteiger partial charge in [-0.3, -0.25) is 9.59 Å². The van der Waals surface area contributed by atoms with Crippen LogP contribution >= 0.6 is 0 Å². The first-order valence-corrected chi connectivity index (χ1v) is 9.52. The number of benzene rings is 2. The molecule has 0 saturated heterocycles. The molecule has 0 aliphatic carbocycles. The summed E-state index contributed by atoms with van der Waals surface area (Å²) in [7, 11) is 1.11. The number of aliphatic carboxylic acids is 2. The number of nitrogens with two attached hydrogens (primary N) is 1. The van der Waals surface area contributed by atoms with Crippen LogP contribution in [0.1, 0.15) is 17.5 Å². The summed E-state index contributed by atoms with van der Waals surface area (Å²) >= 11 is 0. The third-order valence-electron chi connectivity index (χ3n) is 3.98. The second kappa shape index (κ2) is 14.1. The lowest BCUT2D eigenvalue weighted by molar-refractivity contribution is -0.148. The van der Waals surface area contributed by atoms with Crippen molar-refractivity contribution in [1.82, 2.24) is 5.32 Å². The first kappa shape index (κ1) is 26.1. The van der Waals surface area contributed by atoms with Gasteiger partial charge in [-0.25, -0.2) is 9.59 Å². The van der Waals surface area contributed by atoms with E-state index < -0.39 is 42.5 Å². The lowest BCUT2D eigenvalue weighted by atomic mass is 10.1. The van der Waals surface area contributed by atoms with Crippen molar-refractivity contribution < 1.29 is 38.9 Å². The van der Waals surface area contributed by atoms with Crippen molar-refractivity contribution in [2.75, 3.05) is 7.11 Å². The summed E-state index contributed by atoms with van der Waals surface area (Å²) in [6, 6.07) is 16.2. The lowest BCUT2D eigenvalue weighted by Crippen LogP contribution is -2.43. The van der Waals surface area contributed by atoms with E-state index in [4.69, 9.17) is 20.7 Å². The zero-order chi connectivity index (χ0) is 23.9. The van der Waals surface area contributed by atoms with Crippen molar-refractivity contribution in [2.45, 2.75) is 31.5 Å². The highest BCUT2D eigenvalue weighted by molar-refractivity contribution is 5.85. The van der Waals surface area contributed by atoms with Crippen LogP contribution < -0.4 is 11.1 Å². The van der Waals surface area contributed by atoms with Crippen molar-refractivity contribution in [2.24, 2.45) is 5.73 Å². The third-order valence-corrected chi connectivity index (χ3v) is 3.98. The van der Waals surface area contributed by atoms with E-state index in [1.54, 1.807) is 24.3 Å². The summed E-state index contributed by atoms with van der Waals surface area (Å²) in [4.78, 5) is 43.8. The number of carbonyl (C=O) groups excluding carboxylic acids is 2. The molecule has 1 amide bonds. The topological polar surface area (TPSA) is 165 Å². The van der Waals surface area contributed by atoms with Crippen molar-refractivity contribution >= 4 is 24.0 Å². The molecule has 5 N–H and O–H groups in total. The van der Waals surface area contributed by atoms with Crippen molar-refractivity contribution in [3.05, 3.63) is 71.8 Å². The van der Waals surface area contributed by atoms with Gasteiger partial charge in [-0.15, -0.1) is 0 Å². The van der Waals surface area contributed by atoms with Gasteiger partial charge in [0.05, 0.1) is 13.5 Å². The number of carboxylic acids is 2. The van der Waals surface area contributed by atoms with Crippen LogP contribution in [0.15, 0.2) is 60.7 Å². The van der Waals surface area contributed by atoms with Gasteiger partial charge in [0.1, 0.15) is 18.7 Å². The van der Waals surface area contributed by atoms with Gasteiger partial charge in [0.25, 0.3) is 0 Å². The second-order valence-corrected chi connectivity index (χ2v) is 6.51. The van der Waals surface area contributed by atoms with E-state index in [1.165, 1.54) is 0 Å². The number of carboxylic acid groups (broad SMARTS) is 2. The molecule has 0 aliphatic rings. The number of alkyl carbamates (subject to hydrolysis) is 1. The molecule has 2 rings (SSSR count). The van der Waals surface area contributed by atoms with Crippen LogP contribution in [-0.4, -0.2) is 53.4 Å². The second-order valence-electron chi connectivity index (χ2n) is 6.51. The number of amides is 1. The molecule has 0 unspecified atom stereocenters. The van der Waals surface area contributed by atoms with Gasteiger partial charge >= 0.3 is 24.0 Å². The van der Waals surface area contributed by atoms with E-state index in [2.05, 4.69) is 10.1 Å². The van der Waals surface area contributed by atoms with Gasteiger partial charge < -0.3 is 30.7 Å². The summed E-state index contributed by atoms with van der Waals surface area (Å²) in [5.74, 6) is -3.04. The van der Waals surface area contributed by atoms with Gasteiger partial charge in [-0.2, -0.15) is 0 Å². The summed E-state index contributed by atoms with van der Waals surface area (Å²) in [6.45, 7) is 0.0215. The molecule has 0 heterocycles. The fourth-order valence-corrected chi connectivity index (χ4v) is 2.37. The Morgan fingerprint density at radius 1 is 0.938 bits per heavy atom. The Morgan fingerprint density at radius 2 is 1.47 bits per heavy atom. The fraction of sp³-hybridized carbons (Fsp3) is 0.273. The van der Waals surface area contributed by atoms with Crippen molar-refractivity contribution in [3.63, 3.8) is 0 Å². The van der Waals surface area contributed by atoms with E-state index in [0.29, 0.717) is 6.42 Å². The zero-order valence-electron chi connectivity index (χ0n) is 17.5. The van der Waals surface area contributed by atoms with Gasteiger partial charge in [0.15, 0.2) is 0 Å². The van der Waals surface area contributed by atoms with Crippen LogP contribution in [0.4, 0.5) is 4.79 Å². The largest absolute Gasteiger partial charge is 0.481 e. The minimum atomic E-state index is -1.28. The van der Waals surface area contributed by atoms with E-state index in [1.807, 2.05) is 36.4 Å². The van der Waals surface area contributed by atoms with Crippen LogP contribution in [-0.2, 0) is 36.9 Å². The van der Waals surface area contributed by atoms with Gasteiger partial charge in [0.2, 0.25) is 0 Å². The minimum absolute atomic E-state index is 0.0215. The summed E-state index contributed by atoms with van der Waals surface area (Å²) in [5.41, 5.74) is 7.07. The molecular weight excluding hydrogens is 420 g/mol. The zero-order valence-corrected chi connectivity index (χ0v) is 17.5. The Hall–Kier alpha value is -3.92. The number of carbonyl (C=O) groups is 4. The molecular formula is C22H26N2O8. The fourth-order valence-electron chi connectivity index (χ4n) is 2.37. The van der Waals surface area contributed by atoms with E-state index in [-0.39, 0.29) is 6.61 Å². The predicted molar refractivity (Wildman–Crippen MR) is 114 cm³/mol. The third kappa shape index (κ3) is 10.7. The first-order chi connectivity index (χ1) is 15.2. The monoisotopic (exact) mass is 446 g/mol. The molecule has 10 nitrogen and oxygen atoms in total. The maximum absolute atomic E-state index is 11.5. The Morgan fingerprint density at radius 3 is 1.94 bits per heavy atom. The molecule has 0 fully saturated rings. The Labute approximate surface area is 184 Å². The Balaban J connectivity index is 0.000000363. The molecule has 0 aromatic heterocycles. The number of nitrogens with one attached hydrogen (secondary N) is 1. The number of rotatable bonds is 9. The van der Waals surface area contributed by atoms with Crippen LogP contribution in [0.2, 0.25) is 0 Å². The lowest BCUT2D eigenvalue weighted by Gasteiger charge is -2.14. The molecule has 2 atom stereocenters. The normalized spacial score (nSPS) is 11.7. The highest BCUT2D eigenvalue weighted by Gasteiger charge is 2.25. The number of methoxy groups -OCH3 is 1. The first-order valence-electron chi connectivity index (χ1n) is 9.52. The average molecular weight is 446 g/mol.